The van der Waals surface area contributed by atoms with Gasteiger partial charge in [-0.2, -0.15) is 5.10 Å². The van der Waals surface area contributed by atoms with Crippen molar-refractivity contribution < 1.29 is 14.3 Å². The van der Waals surface area contributed by atoms with E-state index in [4.69, 9.17) is 9.47 Å². The molecule has 4 rings (SSSR count). The maximum Gasteiger partial charge on any atom is 0.235 e. The highest BCUT2D eigenvalue weighted by molar-refractivity contribution is 8.00. The minimum absolute atomic E-state index is 0.0377. The van der Waals surface area contributed by atoms with Gasteiger partial charge in [0.05, 0.1) is 17.6 Å². The lowest BCUT2D eigenvalue weighted by atomic mass is 10.00. The number of thioether (sulfide) groups is 1. The van der Waals surface area contributed by atoms with E-state index in [-0.39, 0.29) is 17.3 Å². The molecule has 3 heterocycles. The molecule has 1 aromatic heterocycles. The molecule has 2 aliphatic heterocycles. The molecule has 0 fully saturated rings. The number of aryl methyl sites for hydroxylation is 1. The van der Waals surface area contributed by atoms with Gasteiger partial charge >= 0.3 is 0 Å². The number of hydrogen-bond donors (Lipinski definition) is 2. The van der Waals surface area contributed by atoms with Crippen LogP contribution in [0.4, 0.5) is 5.82 Å². The number of fused-ring (bicyclic) bond motifs is 2. The van der Waals surface area contributed by atoms with Crippen molar-refractivity contribution >= 4 is 23.5 Å². The fourth-order valence-electron chi connectivity index (χ4n) is 3.45. The summed E-state index contributed by atoms with van der Waals surface area (Å²) in [5.74, 6) is 2.72. The number of benzene rings is 1. The smallest absolute Gasteiger partial charge is 0.235 e. The van der Waals surface area contributed by atoms with Crippen LogP contribution in [0.5, 0.6) is 11.5 Å². The van der Waals surface area contributed by atoms with E-state index in [0.29, 0.717) is 18.2 Å². The molecule has 1 amide bonds. The van der Waals surface area contributed by atoms with Gasteiger partial charge in [0.25, 0.3) is 0 Å². The summed E-state index contributed by atoms with van der Waals surface area (Å²) in [5.41, 5.74) is 4.16. The standard InChI is InChI=1S/C18H21N3O3S/c1-4-23-14-6-11-5-9(2)24-13(11)7-12(14)17-16-10(3)20-21-18(16)19-15(22)8-25-17/h6-7,9,17H,4-5,8H2,1-3H3,(H2,19,20,21,22)/t9-,17+/m0/s1. The second-order valence-electron chi connectivity index (χ2n) is 6.41. The molecule has 0 radical (unpaired) electrons. The lowest BCUT2D eigenvalue weighted by molar-refractivity contribution is -0.113. The van der Waals surface area contributed by atoms with Crippen LogP contribution in [0.15, 0.2) is 12.1 Å². The zero-order chi connectivity index (χ0) is 17.6. The molecule has 0 spiro atoms. The third-order valence-electron chi connectivity index (χ3n) is 4.51. The zero-order valence-electron chi connectivity index (χ0n) is 14.5. The average molecular weight is 359 g/mol. The molecule has 25 heavy (non-hydrogen) atoms. The number of amides is 1. The Morgan fingerprint density at radius 2 is 2.28 bits per heavy atom. The van der Waals surface area contributed by atoms with Crippen LogP contribution in [-0.2, 0) is 11.2 Å². The second kappa shape index (κ2) is 6.29. The molecule has 0 unspecified atom stereocenters. The summed E-state index contributed by atoms with van der Waals surface area (Å²) >= 11 is 1.59. The summed E-state index contributed by atoms with van der Waals surface area (Å²) in [6.07, 6.45) is 1.07. The first-order chi connectivity index (χ1) is 12.1. The maximum atomic E-state index is 12.0. The van der Waals surface area contributed by atoms with Crippen LogP contribution < -0.4 is 14.8 Å². The lowest BCUT2D eigenvalue weighted by Gasteiger charge is -2.20. The van der Waals surface area contributed by atoms with Crippen molar-refractivity contribution in [2.45, 2.75) is 38.5 Å². The van der Waals surface area contributed by atoms with Crippen LogP contribution in [0.1, 0.15) is 41.5 Å². The number of carbonyl (C=O) groups is 1. The number of nitrogens with one attached hydrogen (secondary N) is 2. The van der Waals surface area contributed by atoms with Crippen molar-refractivity contribution in [2.24, 2.45) is 0 Å². The van der Waals surface area contributed by atoms with Crippen LogP contribution in [-0.4, -0.2) is 34.6 Å². The molecular formula is C18H21N3O3S. The number of carbonyl (C=O) groups excluding carboxylic acids is 1. The quantitative estimate of drug-likeness (QED) is 0.880. The Kier molecular flexibility index (Phi) is 4.11. The van der Waals surface area contributed by atoms with Crippen molar-refractivity contribution in [3.8, 4) is 11.5 Å². The molecule has 0 bridgehead atoms. The molecule has 2 atom stereocenters. The van der Waals surface area contributed by atoms with E-state index in [1.165, 1.54) is 5.56 Å². The minimum Gasteiger partial charge on any atom is -0.494 e. The summed E-state index contributed by atoms with van der Waals surface area (Å²) in [6, 6.07) is 4.17. The summed E-state index contributed by atoms with van der Waals surface area (Å²) in [7, 11) is 0. The first-order valence-electron chi connectivity index (χ1n) is 8.49. The molecule has 2 aromatic rings. The first-order valence-corrected chi connectivity index (χ1v) is 9.54. The summed E-state index contributed by atoms with van der Waals surface area (Å²) < 4.78 is 11.9. The van der Waals surface area contributed by atoms with Gasteiger partial charge in [-0.3, -0.25) is 9.89 Å². The van der Waals surface area contributed by atoms with Gasteiger partial charge in [-0.25, -0.2) is 0 Å². The van der Waals surface area contributed by atoms with Crippen molar-refractivity contribution in [3.63, 3.8) is 0 Å². The molecule has 0 saturated carbocycles. The molecular weight excluding hydrogens is 338 g/mol. The summed E-state index contributed by atoms with van der Waals surface area (Å²) in [6.45, 7) is 6.62. The molecule has 7 heteroatoms. The van der Waals surface area contributed by atoms with E-state index < -0.39 is 0 Å². The van der Waals surface area contributed by atoms with E-state index >= 15 is 0 Å². The van der Waals surface area contributed by atoms with Gasteiger partial charge in [0.2, 0.25) is 5.91 Å². The van der Waals surface area contributed by atoms with Gasteiger partial charge in [0.15, 0.2) is 5.82 Å². The minimum atomic E-state index is -0.0425. The Bertz CT molecular complexity index is 833. The topological polar surface area (TPSA) is 76.2 Å². The number of anilines is 1. The van der Waals surface area contributed by atoms with Gasteiger partial charge in [-0.1, -0.05) is 0 Å². The Morgan fingerprint density at radius 3 is 3.08 bits per heavy atom. The monoisotopic (exact) mass is 359 g/mol. The molecule has 132 valence electrons. The van der Waals surface area contributed by atoms with Gasteiger partial charge in [-0.05, 0) is 32.9 Å². The normalized spacial score (nSPS) is 21.8. The Labute approximate surface area is 150 Å². The summed E-state index contributed by atoms with van der Waals surface area (Å²) in [4.78, 5) is 12.0. The zero-order valence-corrected chi connectivity index (χ0v) is 15.3. The van der Waals surface area contributed by atoms with E-state index in [9.17, 15) is 4.79 Å². The van der Waals surface area contributed by atoms with E-state index in [0.717, 1.165) is 34.7 Å². The number of ether oxygens (including phenoxy) is 2. The van der Waals surface area contributed by atoms with Crippen molar-refractivity contribution in [1.82, 2.24) is 10.2 Å². The number of H-pyrrole nitrogens is 1. The molecule has 2 aliphatic rings. The average Bonchev–Trinajstić information content (AvgIpc) is 3.05. The maximum absolute atomic E-state index is 12.0. The highest BCUT2D eigenvalue weighted by atomic mass is 32.2. The van der Waals surface area contributed by atoms with Crippen LogP contribution in [0.2, 0.25) is 0 Å². The number of nitrogens with zero attached hydrogens (tertiary/aromatic N) is 1. The largest absolute Gasteiger partial charge is 0.494 e. The van der Waals surface area contributed by atoms with Crippen molar-refractivity contribution in [1.29, 1.82) is 0 Å². The highest BCUT2D eigenvalue weighted by Crippen LogP contribution is 2.48. The van der Waals surface area contributed by atoms with Gasteiger partial charge in [-0.15, -0.1) is 11.8 Å². The van der Waals surface area contributed by atoms with Crippen molar-refractivity contribution in [3.05, 3.63) is 34.5 Å². The first kappa shape index (κ1) is 16.3. The van der Waals surface area contributed by atoms with Crippen LogP contribution in [0, 0.1) is 6.92 Å². The number of aromatic amines is 1. The molecule has 2 N–H and O–H groups in total. The van der Waals surface area contributed by atoms with Crippen LogP contribution >= 0.6 is 11.8 Å². The molecule has 0 aliphatic carbocycles. The van der Waals surface area contributed by atoms with E-state index in [1.807, 2.05) is 13.8 Å². The third kappa shape index (κ3) is 2.86. The number of hydrogen-bond acceptors (Lipinski definition) is 5. The van der Waals surface area contributed by atoms with Crippen LogP contribution in [0.3, 0.4) is 0 Å². The third-order valence-corrected chi connectivity index (χ3v) is 5.76. The number of rotatable bonds is 3. The van der Waals surface area contributed by atoms with Gasteiger partial charge in [0, 0.05) is 28.8 Å². The van der Waals surface area contributed by atoms with Gasteiger partial charge in [0.1, 0.15) is 17.6 Å². The molecule has 1 aromatic carbocycles. The molecule has 0 saturated heterocycles. The summed E-state index contributed by atoms with van der Waals surface area (Å²) in [5, 5.41) is 10.1. The van der Waals surface area contributed by atoms with E-state index in [1.54, 1.807) is 11.8 Å². The predicted molar refractivity (Wildman–Crippen MR) is 97.7 cm³/mol. The van der Waals surface area contributed by atoms with E-state index in [2.05, 4.69) is 34.6 Å². The fourth-order valence-corrected chi connectivity index (χ4v) is 4.66. The molecule has 6 nitrogen and oxygen atoms in total. The Balaban J connectivity index is 1.85. The Morgan fingerprint density at radius 1 is 1.44 bits per heavy atom. The highest BCUT2D eigenvalue weighted by Gasteiger charge is 2.32. The SMILES string of the molecule is CCOc1cc2c(cc1[C@H]1SCC(=O)Nc3n[nH]c(C)c31)O[C@@H](C)C2. The predicted octanol–water partition coefficient (Wildman–Crippen LogP) is 3.21. The van der Waals surface area contributed by atoms with Gasteiger partial charge < -0.3 is 14.8 Å². The second-order valence-corrected chi connectivity index (χ2v) is 7.51. The lowest BCUT2D eigenvalue weighted by Crippen LogP contribution is -2.12. The Hall–Kier alpha value is -2.15. The fraction of sp³-hybridized carbons (Fsp3) is 0.444. The van der Waals surface area contributed by atoms with Crippen LogP contribution in [0.25, 0.3) is 0 Å². The number of aromatic nitrogens is 2. The van der Waals surface area contributed by atoms with Crippen molar-refractivity contribution in [2.75, 3.05) is 17.7 Å².